The van der Waals surface area contributed by atoms with Crippen molar-refractivity contribution >= 4 is 5.96 Å². The third kappa shape index (κ3) is 4.56. The Morgan fingerprint density at radius 3 is 2.84 bits per heavy atom. The Kier molecular flexibility index (Phi) is 5.21. The van der Waals surface area contributed by atoms with Gasteiger partial charge >= 0.3 is 0 Å². The molecule has 1 aliphatic carbocycles. The van der Waals surface area contributed by atoms with E-state index in [1.807, 2.05) is 6.07 Å². The molecule has 1 fully saturated rings. The first kappa shape index (κ1) is 13.9. The number of hydrogen-bond donors (Lipinski definition) is 2. The van der Waals surface area contributed by atoms with E-state index in [9.17, 15) is 0 Å². The molecule has 1 aromatic rings. The minimum absolute atomic E-state index is 0.517. The summed E-state index contributed by atoms with van der Waals surface area (Å²) in [4.78, 5) is 4.40. The first-order valence-corrected chi connectivity index (χ1v) is 6.91. The summed E-state index contributed by atoms with van der Waals surface area (Å²) >= 11 is 0. The molecule has 1 saturated carbocycles. The van der Waals surface area contributed by atoms with Crippen molar-refractivity contribution in [2.24, 2.45) is 10.7 Å². The van der Waals surface area contributed by atoms with Crippen LogP contribution in [0.5, 0.6) is 0 Å². The van der Waals surface area contributed by atoms with Gasteiger partial charge in [0.05, 0.1) is 13.2 Å². The molecule has 1 aromatic carbocycles. The van der Waals surface area contributed by atoms with Crippen molar-refractivity contribution in [2.75, 3.05) is 7.11 Å². The van der Waals surface area contributed by atoms with Crippen molar-refractivity contribution in [1.29, 1.82) is 0 Å². The number of nitrogens with two attached hydrogens (primary N) is 1. The van der Waals surface area contributed by atoms with E-state index in [-0.39, 0.29) is 0 Å². The largest absolute Gasteiger partial charge is 0.380 e. The highest BCUT2D eigenvalue weighted by molar-refractivity contribution is 5.78. The average Bonchev–Trinajstić information content (AvgIpc) is 2.90. The third-order valence-electron chi connectivity index (χ3n) is 3.44. The van der Waals surface area contributed by atoms with E-state index in [0.717, 1.165) is 11.1 Å². The summed E-state index contributed by atoms with van der Waals surface area (Å²) in [5.74, 6) is 0.559. The first-order chi connectivity index (χ1) is 9.28. The summed E-state index contributed by atoms with van der Waals surface area (Å²) in [5, 5.41) is 3.29. The van der Waals surface area contributed by atoms with Gasteiger partial charge < -0.3 is 15.8 Å². The molecule has 0 saturated heterocycles. The van der Waals surface area contributed by atoms with Crippen LogP contribution in [0.3, 0.4) is 0 Å². The predicted molar refractivity (Wildman–Crippen MR) is 77.9 cm³/mol. The van der Waals surface area contributed by atoms with Crippen molar-refractivity contribution < 1.29 is 4.74 Å². The molecule has 0 bridgehead atoms. The number of hydrogen-bond acceptors (Lipinski definition) is 2. The molecule has 104 valence electrons. The zero-order valence-electron chi connectivity index (χ0n) is 11.6. The van der Waals surface area contributed by atoms with Crippen LogP contribution in [0.15, 0.2) is 29.3 Å². The van der Waals surface area contributed by atoms with Crippen molar-refractivity contribution in [3.8, 4) is 0 Å². The quantitative estimate of drug-likeness (QED) is 0.631. The van der Waals surface area contributed by atoms with Gasteiger partial charge in [-0.3, -0.25) is 0 Å². The van der Waals surface area contributed by atoms with E-state index < -0.39 is 0 Å². The molecule has 4 heteroatoms. The van der Waals surface area contributed by atoms with Crippen LogP contribution in [-0.2, 0) is 17.9 Å². The second-order valence-corrected chi connectivity index (χ2v) is 5.08. The molecule has 0 unspecified atom stereocenters. The van der Waals surface area contributed by atoms with E-state index in [0.29, 0.717) is 25.2 Å². The number of ether oxygens (including phenoxy) is 1. The molecule has 2 rings (SSSR count). The molecular weight excluding hydrogens is 238 g/mol. The number of nitrogens with one attached hydrogen (secondary N) is 1. The molecule has 3 N–H and O–H groups in total. The maximum atomic E-state index is 5.91. The van der Waals surface area contributed by atoms with Crippen LogP contribution >= 0.6 is 0 Å². The Morgan fingerprint density at radius 1 is 1.37 bits per heavy atom. The van der Waals surface area contributed by atoms with Crippen LogP contribution in [-0.4, -0.2) is 19.1 Å². The summed E-state index contributed by atoms with van der Waals surface area (Å²) < 4.78 is 5.12. The summed E-state index contributed by atoms with van der Waals surface area (Å²) in [7, 11) is 1.70. The molecule has 0 aromatic heterocycles. The van der Waals surface area contributed by atoms with Gasteiger partial charge in [-0.25, -0.2) is 4.99 Å². The fourth-order valence-electron chi connectivity index (χ4n) is 2.49. The average molecular weight is 261 g/mol. The molecular formula is C15H23N3O. The normalized spacial score (nSPS) is 16.8. The molecule has 19 heavy (non-hydrogen) atoms. The van der Waals surface area contributed by atoms with E-state index in [1.165, 1.54) is 25.7 Å². The van der Waals surface area contributed by atoms with Crippen molar-refractivity contribution in [3.05, 3.63) is 35.4 Å². The van der Waals surface area contributed by atoms with Crippen LogP contribution in [0.1, 0.15) is 36.8 Å². The highest BCUT2D eigenvalue weighted by Crippen LogP contribution is 2.17. The maximum Gasteiger partial charge on any atom is 0.189 e. The van der Waals surface area contributed by atoms with Crippen LogP contribution in [0.4, 0.5) is 0 Å². The predicted octanol–water partition coefficient (Wildman–Crippen LogP) is 2.18. The van der Waals surface area contributed by atoms with Crippen LogP contribution < -0.4 is 11.1 Å². The number of methoxy groups -OCH3 is 1. The van der Waals surface area contributed by atoms with E-state index in [4.69, 9.17) is 10.5 Å². The number of guanidine groups is 1. The standard InChI is InChI=1S/C15H23N3O/c1-19-11-13-6-4-5-12(9-13)10-17-15(16)18-14-7-2-3-8-14/h4-6,9,14H,2-3,7-8,10-11H2,1H3,(H3,16,17,18). The molecule has 0 spiro atoms. The van der Waals surface area contributed by atoms with E-state index in [2.05, 4.69) is 28.5 Å². The SMILES string of the molecule is COCc1cccc(CN=C(N)NC2CCCC2)c1. The van der Waals surface area contributed by atoms with Gasteiger partial charge in [-0.1, -0.05) is 37.1 Å². The molecule has 0 radical (unpaired) electrons. The monoisotopic (exact) mass is 261 g/mol. The fraction of sp³-hybridized carbons (Fsp3) is 0.533. The minimum Gasteiger partial charge on any atom is -0.380 e. The van der Waals surface area contributed by atoms with Crippen molar-refractivity contribution in [1.82, 2.24) is 5.32 Å². The number of aliphatic imine (C=N–C) groups is 1. The molecule has 0 heterocycles. The van der Waals surface area contributed by atoms with Crippen molar-refractivity contribution in [2.45, 2.75) is 44.9 Å². The molecule has 0 amide bonds. The Bertz CT molecular complexity index is 425. The minimum atomic E-state index is 0.517. The summed E-state index contributed by atoms with van der Waals surface area (Å²) in [5.41, 5.74) is 8.23. The Hall–Kier alpha value is -1.55. The molecule has 0 aliphatic heterocycles. The third-order valence-corrected chi connectivity index (χ3v) is 3.44. The lowest BCUT2D eigenvalue weighted by Gasteiger charge is -2.12. The maximum absolute atomic E-state index is 5.91. The van der Waals surface area contributed by atoms with Crippen LogP contribution in [0, 0.1) is 0 Å². The lowest BCUT2D eigenvalue weighted by atomic mass is 10.1. The summed E-state index contributed by atoms with van der Waals surface area (Å²) in [6, 6.07) is 8.77. The number of nitrogens with zero attached hydrogens (tertiary/aromatic N) is 1. The lowest BCUT2D eigenvalue weighted by Crippen LogP contribution is -2.38. The zero-order valence-corrected chi connectivity index (χ0v) is 11.6. The summed E-state index contributed by atoms with van der Waals surface area (Å²) in [6.45, 7) is 1.25. The van der Waals surface area contributed by atoms with Gasteiger partial charge in [-0.05, 0) is 24.0 Å². The molecule has 0 atom stereocenters. The Morgan fingerprint density at radius 2 is 2.11 bits per heavy atom. The second kappa shape index (κ2) is 7.14. The highest BCUT2D eigenvalue weighted by Gasteiger charge is 2.14. The van der Waals surface area contributed by atoms with Gasteiger partial charge in [0, 0.05) is 13.2 Å². The Balaban J connectivity index is 1.87. The van der Waals surface area contributed by atoms with Gasteiger partial charge in [-0.2, -0.15) is 0 Å². The number of rotatable bonds is 5. The molecule has 1 aliphatic rings. The molecule has 4 nitrogen and oxygen atoms in total. The van der Waals surface area contributed by atoms with Gasteiger partial charge in [0.2, 0.25) is 0 Å². The van der Waals surface area contributed by atoms with E-state index in [1.54, 1.807) is 7.11 Å². The van der Waals surface area contributed by atoms with Gasteiger partial charge in [0.25, 0.3) is 0 Å². The summed E-state index contributed by atoms with van der Waals surface area (Å²) in [6.07, 6.45) is 5.01. The zero-order chi connectivity index (χ0) is 13.5. The van der Waals surface area contributed by atoms with Gasteiger partial charge in [0.15, 0.2) is 5.96 Å². The second-order valence-electron chi connectivity index (χ2n) is 5.08. The van der Waals surface area contributed by atoms with E-state index >= 15 is 0 Å². The Labute approximate surface area is 115 Å². The van der Waals surface area contributed by atoms with Crippen LogP contribution in [0.2, 0.25) is 0 Å². The van der Waals surface area contributed by atoms with Gasteiger partial charge in [-0.15, -0.1) is 0 Å². The topological polar surface area (TPSA) is 59.6 Å². The number of benzene rings is 1. The fourth-order valence-corrected chi connectivity index (χ4v) is 2.49. The smallest absolute Gasteiger partial charge is 0.189 e. The highest BCUT2D eigenvalue weighted by atomic mass is 16.5. The lowest BCUT2D eigenvalue weighted by molar-refractivity contribution is 0.185. The first-order valence-electron chi connectivity index (χ1n) is 6.91. The van der Waals surface area contributed by atoms with Crippen molar-refractivity contribution in [3.63, 3.8) is 0 Å². The van der Waals surface area contributed by atoms with Gasteiger partial charge in [0.1, 0.15) is 0 Å². The van der Waals surface area contributed by atoms with Crippen LogP contribution in [0.25, 0.3) is 0 Å².